The number of nitrogens with zero attached hydrogens (tertiary/aromatic N) is 3. The number of hydrogen-bond acceptors (Lipinski definition) is 6. The molecule has 2 aromatic rings. The number of aliphatic hydroxyl groups excluding tert-OH is 1. The maximum atomic E-state index is 13.1. The summed E-state index contributed by atoms with van der Waals surface area (Å²) in [6.45, 7) is 2.60. The second kappa shape index (κ2) is 9.26. The molecule has 0 radical (unpaired) electrons. The fourth-order valence-electron chi connectivity index (χ4n) is 4.19. The summed E-state index contributed by atoms with van der Waals surface area (Å²) in [5.74, 6) is 0.254. The van der Waals surface area contributed by atoms with E-state index in [4.69, 9.17) is 21.4 Å². The molecule has 1 amide bonds. The van der Waals surface area contributed by atoms with Gasteiger partial charge in [-0.1, -0.05) is 42.8 Å². The predicted octanol–water partition coefficient (Wildman–Crippen LogP) is 3.74. The van der Waals surface area contributed by atoms with Crippen molar-refractivity contribution in [2.75, 3.05) is 18.7 Å². The van der Waals surface area contributed by atoms with E-state index in [1.54, 1.807) is 12.1 Å². The Morgan fingerprint density at radius 3 is 2.61 bits per heavy atom. The number of piperidine rings is 1. The standard InChI is InChI=1S/C23H27ClN4O3/c1-15-21(23(30)26-27-14-6-5-9-20(27)29)25-28(19-8-4-3-7-18(19)24)22(15)16-10-12-17(31-2)13-11-16/h3-4,7-8,10-13,15,20,22,29H,5-6,9,14H2,1-2H3,(H,26,30)/t15-,20?,22+/m1/s1. The van der Waals surface area contributed by atoms with Gasteiger partial charge < -0.3 is 9.84 Å². The highest BCUT2D eigenvalue weighted by atomic mass is 35.5. The Hall–Kier alpha value is -2.61. The van der Waals surface area contributed by atoms with Crippen molar-refractivity contribution in [2.45, 2.75) is 38.5 Å². The molecule has 2 heterocycles. The first-order valence-electron chi connectivity index (χ1n) is 10.5. The lowest BCUT2D eigenvalue weighted by atomic mass is 9.91. The molecule has 2 aliphatic rings. The summed E-state index contributed by atoms with van der Waals surface area (Å²) in [5, 5.41) is 18.9. The SMILES string of the molecule is COc1ccc([C@@H]2[C@H](C)C(C(=O)NN3CCCCC3O)=NN2c2ccccc2Cl)cc1. The molecule has 0 bridgehead atoms. The van der Waals surface area contributed by atoms with Crippen LogP contribution >= 0.6 is 11.6 Å². The van der Waals surface area contributed by atoms with E-state index in [2.05, 4.69) is 5.43 Å². The highest BCUT2D eigenvalue weighted by Crippen LogP contribution is 2.42. The van der Waals surface area contributed by atoms with Crippen LogP contribution in [0.15, 0.2) is 53.6 Å². The lowest BCUT2D eigenvalue weighted by Crippen LogP contribution is -2.53. The zero-order valence-corrected chi connectivity index (χ0v) is 18.4. The summed E-state index contributed by atoms with van der Waals surface area (Å²) in [5.41, 5.74) is 4.99. The van der Waals surface area contributed by atoms with Crippen molar-refractivity contribution >= 4 is 28.9 Å². The smallest absolute Gasteiger partial charge is 0.282 e. The van der Waals surface area contributed by atoms with Crippen LogP contribution in [0, 0.1) is 5.92 Å². The number of para-hydroxylation sites is 1. The Kier molecular flexibility index (Phi) is 6.46. The van der Waals surface area contributed by atoms with Gasteiger partial charge in [0.2, 0.25) is 0 Å². The number of methoxy groups -OCH3 is 1. The average molecular weight is 443 g/mol. The number of hydrogen-bond donors (Lipinski definition) is 2. The number of hydrazone groups is 1. The Morgan fingerprint density at radius 2 is 1.94 bits per heavy atom. The molecule has 2 aromatic carbocycles. The number of halogens is 1. The first kappa shape index (κ1) is 21.6. The molecule has 1 unspecified atom stereocenters. The van der Waals surface area contributed by atoms with Crippen LogP contribution in [0.4, 0.5) is 5.69 Å². The molecule has 2 N–H and O–H groups in total. The van der Waals surface area contributed by atoms with E-state index in [1.165, 1.54) is 0 Å². The van der Waals surface area contributed by atoms with Crippen LogP contribution in [0.1, 0.15) is 37.8 Å². The molecule has 1 fully saturated rings. The molecule has 164 valence electrons. The van der Waals surface area contributed by atoms with Crippen LogP contribution in [0.25, 0.3) is 0 Å². The lowest BCUT2D eigenvalue weighted by molar-refractivity contribution is -0.128. The van der Waals surface area contributed by atoms with E-state index in [0.717, 1.165) is 29.8 Å². The van der Waals surface area contributed by atoms with Gasteiger partial charge in [0.25, 0.3) is 5.91 Å². The van der Waals surface area contributed by atoms with Gasteiger partial charge in [0.05, 0.1) is 23.9 Å². The third-order valence-corrected chi connectivity index (χ3v) is 6.21. The molecule has 8 heteroatoms. The lowest BCUT2D eigenvalue weighted by Gasteiger charge is -2.32. The Labute approximate surface area is 187 Å². The van der Waals surface area contributed by atoms with Crippen LogP contribution in [-0.2, 0) is 4.79 Å². The molecule has 0 aliphatic carbocycles. The van der Waals surface area contributed by atoms with Gasteiger partial charge in [-0.3, -0.25) is 15.2 Å². The highest BCUT2D eigenvalue weighted by molar-refractivity contribution is 6.40. The number of anilines is 1. The molecular weight excluding hydrogens is 416 g/mol. The van der Waals surface area contributed by atoms with E-state index in [0.29, 0.717) is 23.7 Å². The van der Waals surface area contributed by atoms with Gasteiger partial charge in [-0.05, 0) is 49.1 Å². The molecule has 31 heavy (non-hydrogen) atoms. The van der Waals surface area contributed by atoms with E-state index in [-0.39, 0.29) is 17.9 Å². The number of carbonyl (C=O) groups excluding carboxylic acids is 1. The second-order valence-electron chi connectivity index (χ2n) is 7.90. The second-order valence-corrected chi connectivity index (χ2v) is 8.31. The minimum absolute atomic E-state index is 0.202. The predicted molar refractivity (Wildman–Crippen MR) is 121 cm³/mol. The van der Waals surface area contributed by atoms with Crippen LogP contribution in [0.3, 0.4) is 0 Å². The van der Waals surface area contributed by atoms with Crippen molar-refractivity contribution in [2.24, 2.45) is 11.0 Å². The number of benzene rings is 2. The van der Waals surface area contributed by atoms with Crippen LogP contribution < -0.4 is 15.2 Å². The minimum atomic E-state index is -0.674. The Morgan fingerprint density at radius 1 is 1.19 bits per heavy atom. The molecule has 3 atom stereocenters. The number of aliphatic hydroxyl groups is 1. The average Bonchev–Trinajstić information content (AvgIpc) is 3.12. The van der Waals surface area contributed by atoms with Gasteiger partial charge in [-0.15, -0.1) is 0 Å². The fourth-order valence-corrected chi connectivity index (χ4v) is 4.41. The summed E-state index contributed by atoms with van der Waals surface area (Å²) < 4.78 is 5.29. The Bertz CT molecular complexity index is 966. The Balaban J connectivity index is 1.66. The monoisotopic (exact) mass is 442 g/mol. The van der Waals surface area contributed by atoms with Crippen molar-refractivity contribution in [3.05, 3.63) is 59.1 Å². The molecular formula is C23H27ClN4O3. The third kappa shape index (κ3) is 4.39. The molecule has 0 saturated carbocycles. The largest absolute Gasteiger partial charge is 0.497 e. The normalized spacial score (nSPS) is 24.1. The topological polar surface area (TPSA) is 77.4 Å². The summed E-state index contributed by atoms with van der Waals surface area (Å²) in [6, 6.07) is 15.0. The number of rotatable bonds is 5. The van der Waals surface area contributed by atoms with E-state index >= 15 is 0 Å². The third-order valence-electron chi connectivity index (χ3n) is 5.89. The van der Waals surface area contributed by atoms with Gasteiger partial charge in [-0.25, -0.2) is 0 Å². The number of nitrogens with one attached hydrogen (secondary N) is 1. The molecule has 4 rings (SSSR count). The molecule has 7 nitrogen and oxygen atoms in total. The van der Waals surface area contributed by atoms with Gasteiger partial charge in [0, 0.05) is 12.5 Å². The van der Waals surface area contributed by atoms with Crippen molar-refractivity contribution in [1.82, 2.24) is 10.4 Å². The summed E-state index contributed by atoms with van der Waals surface area (Å²) in [6.07, 6.45) is 1.85. The number of amides is 1. The molecule has 0 spiro atoms. The number of carbonyl (C=O) groups is 1. The van der Waals surface area contributed by atoms with E-state index in [9.17, 15) is 9.90 Å². The van der Waals surface area contributed by atoms with E-state index < -0.39 is 6.23 Å². The van der Waals surface area contributed by atoms with Gasteiger partial charge in [-0.2, -0.15) is 10.1 Å². The van der Waals surface area contributed by atoms with Crippen molar-refractivity contribution < 1.29 is 14.6 Å². The van der Waals surface area contributed by atoms with Crippen LogP contribution in [0.2, 0.25) is 5.02 Å². The maximum Gasteiger partial charge on any atom is 0.282 e. The summed E-state index contributed by atoms with van der Waals surface area (Å²) in [4.78, 5) is 13.1. The van der Waals surface area contributed by atoms with Crippen molar-refractivity contribution in [3.8, 4) is 5.75 Å². The number of hydrazine groups is 1. The molecule has 2 aliphatic heterocycles. The number of ether oxygens (including phenoxy) is 1. The van der Waals surface area contributed by atoms with Crippen LogP contribution in [-0.4, -0.2) is 41.6 Å². The van der Waals surface area contributed by atoms with Gasteiger partial charge in [0.1, 0.15) is 17.7 Å². The summed E-state index contributed by atoms with van der Waals surface area (Å²) >= 11 is 6.48. The highest BCUT2D eigenvalue weighted by Gasteiger charge is 2.40. The minimum Gasteiger partial charge on any atom is -0.497 e. The first-order valence-corrected chi connectivity index (χ1v) is 10.9. The van der Waals surface area contributed by atoms with Crippen molar-refractivity contribution in [1.29, 1.82) is 0 Å². The van der Waals surface area contributed by atoms with Crippen molar-refractivity contribution in [3.63, 3.8) is 0 Å². The van der Waals surface area contributed by atoms with Gasteiger partial charge in [0.15, 0.2) is 0 Å². The zero-order valence-electron chi connectivity index (χ0n) is 17.7. The molecule has 0 aromatic heterocycles. The van der Waals surface area contributed by atoms with Gasteiger partial charge >= 0.3 is 0 Å². The van der Waals surface area contributed by atoms with Crippen LogP contribution in [0.5, 0.6) is 5.75 Å². The van der Waals surface area contributed by atoms with E-state index in [1.807, 2.05) is 60.5 Å². The maximum absolute atomic E-state index is 13.1. The quantitative estimate of drug-likeness (QED) is 0.737. The fraction of sp³-hybridized carbons (Fsp3) is 0.391. The summed E-state index contributed by atoms with van der Waals surface area (Å²) in [7, 11) is 1.63. The molecule has 1 saturated heterocycles. The zero-order chi connectivity index (χ0) is 22.0. The first-order chi connectivity index (χ1) is 15.0.